The number of nitrogens with zero attached hydrogens (tertiary/aromatic N) is 1. The summed E-state index contributed by atoms with van der Waals surface area (Å²) in [5.74, 6) is -0.321. The summed E-state index contributed by atoms with van der Waals surface area (Å²) in [6.45, 7) is 0.707. The molecule has 1 heterocycles. The second-order valence-corrected chi connectivity index (χ2v) is 6.59. The van der Waals surface area contributed by atoms with Crippen LogP contribution in [0.5, 0.6) is 0 Å². The Morgan fingerprint density at radius 1 is 1.39 bits per heavy atom. The largest absolute Gasteiger partial charge is 0.360 e. The number of sulfonamides is 1. The summed E-state index contributed by atoms with van der Waals surface area (Å²) in [7, 11) is -3.17. The molecule has 0 saturated carbocycles. The third kappa shape index (κ3) is 3.62. The van der Waals surface area contributed by atoms with Crippen molar-refractivity contribution in [1.82, 2.24) is 9.71 Å². The molecule has 2 rings (SSSR count). The first-order valence-corrected chi connectivity index (χ1v) is 7.89. The van der Waals surface area contributed by atoms with E-state index in [1.165, 1.54) is 23.5 Å². The van der Waals surface area contributed by atoms with Crippen LogP contribution in [0.1, 0.15) is 0 Å². The predicted molar refractivity (Wildman–Crippen MR) is 70.9 cm³/mol. The Bertz CT molecular complexity index is 654. The van der Waals surface area contributed by atoms with E-state index in [1.54, 1.807) is 6.07 Å². The molecule has 0 unspecified atom stereocenters. The molecule has 8 heteroatoms. The maximum Gasteiger partial charge on any atom is 0.208 e. The lowest BCUT2D eigenvalue weighted by atomic mass is 10.3. The predicted octanol–water partition coefficient (Wildman–Crippen LogP) is 1.40. The van der Waals surface area contributed by atoms with E-state index < -0.39 is 10.0 Å². The second-order valence-electron chi connectivity index (χ2n) is 3.72. The second kappa shape index (κ2) is 5.17. The molecular formula is C10H12FN3O2S2. The van der Waals surface area contributed by atoms with Crippen molar-refractivity contribution in [1.29, 1.82) is 0 Å². The maximum atomic E-state index is 13.0. The third-order valence-corrected chi connectivity index (χ3v) is 3.84. The number of halogens is 1. The zero-order chi connectivity index (χ0) is 13.2. The molecule has 2 N–H and O–H groups in total. The number of aromatic nitrogens is 1. The standard InChI is InChI=1S/C10H12FN3O2S2/c1-18(15,16)13-5-4-12-10-14-8-6-7(11)2-3-9(8)17-10/h2-3,6,13H,4-5H2,1H3,(H,12,14). The van der Waals surface area contributed by atoms with Crippen molar-refractivity contribution in [3.63, 3.8) is 0 Å². The molecule has 18 heavy (non-hydrogen) atoms. The van der Waals surface area contributed by atoms with Gasteiger partial charge < -0.3 is 5.32 Å². The highest BCUT2D eigenvalue weighted by Crippen LogP contribution is 2.25. The molecule has 0 radical (unpaired) electrons. The monoisotopic (exact) mass is 289 g/mol. The highest BCUT2D eigenvalue weighted by molar-refractivity contribution is 7.88. The van der Waals surface area contributed by atoms with E-state index in [0.717, 1.165) is 11.0 Å². The Kier molecular flexibility index (Phi) is 3.79. The summed E-state index contributed by atoms with van der Waals surface area (Å²) >= 11 is 1.40. The summed E-state index contributed by atoms with van der Waals surface area (Å²) in [4.78, 5) is 4.20. The molecule has 0 aliphatic rings. The number of hydrogen-bond acceptors (Lipinski definition) is 5. The van der Waals surface area contributed by atoms with Gasteiger partial charge in [-0.25, -0.2) is 22.5 Å². The maximum absolute atomic E-state index is 13.0. The molecule has 0 fully saturated rings. The molecule has 1 aromatic heterocycles. The van der Waals surface area contributed by atoms with Crippen LogP contribution >= 0.6 is 11.3 Å². The molecule has 0 aliphatic carbocycles. The number of rotatable bonds is 5. The number of thiazole rings is 1. The lowest BCUT2D eigenvalue weighted by Gasteiger charge is -2.02. The highest BCUT2D eigenvalue weighted by atomic mass is 32.2. The van der Waals surface area contributed by atoms with Crippen molar-refractivity contribution in [2.45, 2.75) is 0 Å². The van der Waals surface area contributed by atoms with Crippen LogP contribution in [-0.4, -0.2) is 32.7 Å². The van der Waals surface area contributed by atoms with Crippen LogP contribution in [0.15, 0.2) is 18.2 Å². The van der Waals surface area contributed by atoms with Crippen LogP contribution < -0.4 is 10.0 Å². The van der Waals surface area contributed by atoms with Crippen molar-refractivity contribution in [3.05, 3.63) is 24.0 Å². The van der Waals surface area contributed by atoms with Crippen molar-refractivity contribution < 1.29 is 12.8 Å². The van der Waals surface area contributed by atoms with E-state index in [-0.39, 0.29) is 12.4 Å². The first kappa shape index (κ1) is 13.2. The molecule has 0 spiro atoms. The quantitative estimate of drug-likeness (QED) is 0.816. The van der Waals surface area contributed by atoms with Gasteiger partial charge in [-0.2, -0.15) is 0 Å². The highest BCUT2D eigenvalue weighted by Gasteiger charge is 2.04. The smallest absolute Gasteiger partial charge is 0.208 e. The Labute approximate surface area is 108 Å². The van der Waals surface area contributed by atoms with E-state index >= 15 is 0 Å². The van der Waals surface area contributed by atoms with Crippen LogP contribution in [0.25, 0.3) is 10.2 Å². The Morgan fingerprint density at radius 3 is 2.89 bits per heavy atom. The zero-order valence-corrected chi connectivity index (χ0v) is 11.2. The van der Waals surface area contributed by atoms with Crippen LogP contribution in [0.4, 0.5) is 9.52 Å². The average Bonchev–Trinajstić information content (AvgIpc) is 2.65. The van der Waals surface area contributed by atoms with Gasteiger partial charge in [0, 0.05) is 19.2 Å². The SMILES string of the molecule is CS(=O)(=O)NCCNc1nc2cc(F)ccc2s1. The number of anilines is 1. The van der Waals surface area contributed by atoms with E-state index in [1.807, 2.05) is 0 Å². The van der Waals surface area contributed by atoms with Gasteiger partial charge in [-0.1, -0.05) is 11.3 Å². The summed E-state index contributed by atoms with van der Waals surface area (Å²) in [6.07, 6.45) is 1.10. The summed E-state index contributed by atoms with van der Waals surface area (Å²) in [5, 5.41) is 3.63. The van der Waals surface area contributed by atoms with Gasteiger partial charge in [0.05, 0.1) is 16.5 Å². The third-order valence-electron chi connectivity index (χ3n) is 2.12. The first-order valence-electron chi connectivity index (χ1n) is 5.19. The molecule has 2 aromatic rings. The van der Waals surface area contributed by atoms with E-state index in [4.69, 9.17) is 0 Å². The topological polar surface area (TPSA) is 71.1 Å². The van der Waals surface area contributed by atoms with Crippen molar-refractivity contribution in [2.24, 2.45) is 0 Å². The molecule has 0 bridgehead atoms. The van der Waals surface area contributed by atoms with Gasteiger partial charge in [0.25, 0.3) is 0 Å². The van der Waals surface area contributed by atoms with Crippen LogP contribution in [-0.2, 0) is 10.0 Å². The van der Waals surface area contributed by atoms with E-state index in [2.05, 4.69) is 15.0 Å². The molecule has 98 valence electrons. The number of benzene rings is 1. The van der Waals surface area contributed by atoms with Crippen LogP contribution in [0.3, 0.4) is 0 Å². The summed E-state index contributed by atoms with van der Waals surface area (Å²) in [6, 6.07) is 4.42. The molecule has 5 nitrogen and oxygen atoms in total. The minimum Gasteiger partial charge on any atom is -0.360 e. The first-order chi connectivity index (χ1) is 8.44. The van der Waals surface area contributed by atoms with Crippen molar-refractivity contribution in [2.75, 3.05) is 24.7 Å². The van der Waals surface area contributed by atoms with Gasteiger partial charge in [-0.3, -0.25) is 0 Å². The Hall–Kier alpha value is -1.25. The average molecular weight is 289 g/mol. The number of nitrogens with one attached hydrogen (secondary N) is 2. The number of fused-ring (bicyclic) bond motifs is 1. The lowest BCUT2D eigenvalue weighted by Crippen LogP contribution is -2.27. The molecule has 1 aromatic carbocycles. The fourth-order valence-corrected chi connectivity index (χ4v) is 2.73. The normalized spacial score (nSPS) is 11.9. The Balaban J connectivity index is 1.96. The van der Waals surface area contributed by atoms with Gasteiger partial charge in [0.15, 0.2) is 5.13 Å². The van der Waals surface area contributed by atoms with E-state index in [9.17, 15) is 12.8 Å². The van der Waals surface area contributed by atoms with Crippen molar-refractivity contribution in [3.8, 4) is 0 Å². The molecule has 0 amide bonds. The molecular weight excluding hydrogens is 277 g/mol. The van der Waals surface area contributed by atoms with E-state index in [0.29, 0.717) is 17.2 Å². The zero-order valence-electron chi connectivity index (χ0n) is 9.60. The minimum absolute atomic E-state index is 0.281. The molecule has 0 aliphatic heterocycles. The van der Waals surface area contributed by atoms with Gasteiger partial charge >= 0.3 is 0 Å². The summed E-state index contributed by atoms with van der Waals surface area (Å²) < 4.78 is 37.9. The number of hydrogen-bond donors (Lipinski definition) is 2. The molecule has 0 atom stereocenters. The van der Waals surface area contributed by atoms with Crippen LogP contribution in [0.2, 0.25) is 0 Å². The van der Waals surface area contributed by atoms with Gasteiger partial charge in [0.2, 0.25) is 10.0 Å². The summed E-state index contributed by atoms with van der Waals surface area (Å²) in [5.41, 5.74) is 0.596. The van der Waals surface area contributed by atoms with Gasteiger partial charge in [-0.15, -0.1) is 0 Å². The fourth-order valence-electron chi connectivity index (χ4n) is 1.38. The van der Waals surface area contributed by atoms with Crippen molar-refractivity contribution >= 4 is 36.7 Å². The fraction of sp³-hybridized carbons (Fsp3) is 0.300. The molecule has 0 saturated heterocycles. The lowest BCUT2D eigenvalue weighted by molar-refractivity contribution is 0.589. The van der Waals surface area contributed by atoms with Crippen LogP contribution in [0, 0.1) is 5.82 Å². The van der Waals surface area contributed by atoms with Gasteiger partial charge in [-0.05, 0) is 12.1 Å². The minimum atomic E-state index is -3.17. The Morgan fingerprint density at radius 2 is 2.17 bits per heavy atom. The van der Waals surface area contributed by atoms with Gasteiger partial charge in [0.1, 0.15) is 5.82 Å².